The number of benzene rings is 1. The number of rotatable bonds is 7. The van der Waals surface area contributed by atoms with Gasteiger partial charge in [-0.25, -0.2) is 0 Å². The molecule has 0 saturated carbocycles. The number of nitrogens with one attached hydrogen (secondary N) is 2. The Morgan fingerprint density at radius 3 is 2.71 bits per heavy atom. The Kier molecular flexibility index (Phi) is 6.56. The van der Waals surface area contributed by atoms with Gasteiger partial charge in [-0.2, -0.15) is 0 Å². The first kappa shape index (κ1) is 18.2. The number of carbonyl (C=O) groups is 2. The van der Waals surface area contributed by atoms with E-state index in [4.69, 9.17) is 5.73 Å². The predicted octanol–water partition coefficient (Wildman–Crippen LogP) is 2.24. The molecule has 7 nitrogen and oxygen atoms in total. The zero-order valence-corrected chi connectivity index (χ0v) is 15.0. The minimum atomic E-state index is -0.224. The van der Waals surface area contributed by atoms with Gasteiger partial charge in [-0.15, -0.1) is 10.2 Å². The Hall–Kier alpha value is -2.13. The van der Waals surface area contributed by atoms with Crippen LogP contribution < -0.4 is 16.4 Å². The summed E-state index contributed by atoms with van der Waals surface area (Å²) < 4.78 is 0.630. The third-order valence-corrected chi connectivity index (χ3v) is 4.75. The number of carbonyl (C=O) groups excluding carboxylic acids is 2. The molecule has 1 aromatic heterocycles. The third kappa shape index (κ3) is 5.50. The van der Waals surface area contributed by atoms with Crippen molar-refractivity contribution in [3.8, 4) is 0 Å². The zero-order valence-electron chi connectivity index (χ0n) is 13.4. The molecule has 1 heterocycles. The first-order valence-electron chi connectivity index (χ1n) is 7.34. The summed E-state index contributed by atoms with van der Waals surface area (Å²) >= 11 is 2.48. The summed E-state index contributed by atoms with van der Waals surface area (Å²) in [5, 5.41) is 13.5. The van der Waals surface area contributed by atoms with E-state index in [1.54, 1.807) is 24.3 Å². The van der Waals surface area contributed by atoms with Crippen molar-refractivity contribution in [3.05, 3.63) is 29.8 Å². The van der Waals surface area contributed by atoms with Gasteiger partial charge in [0.25, 0.3) is 5.91 Å². The molecule has 1 aromatic carbocycles. The largest absolute Gasteiger partial charge is 0.374 e. The van der Waals surface area contributed by atoms with Crippen molar-refractivity contribution in [2.45, 2.75) is 18.2 Å². The van der Waals surface area contributed by atoms with E-state index < -0.39 is 0 Å². The van der Waals surface area contributed by atoms with Gasteiger partial charge in [0.15, 0.2) is 4.34 Å². The Morgan fingerprint density at radius 2 is 2.04 bits per heavy atom. The lowest BCUT2D eigenvalue weighted by Crippen LogP contribution is -2.28. The first-order valence-corrected chi connectivity index (χ1v) is 9.14. The molecule has 0 radical (unpaired) electrons. The van der Waals surface area contributed by atoms with Crippen molar-refractivity contribution in [3.63, 3.8) is 0 Å². The number of nitrogen functional groups attached to an aromatic ring is 1. The van der Waals surface area contributed by atoms with Crippen molar-refractivity contribution in [1.82, 2.24) is 15.5 Å². The molecule has 4 N–H and O–H groups in total. The number of nitrogens with two attached hydrogens (primary N) is 1. The molecule has 9 heteroatoms. The van der Waals surface area contributed by atoms with E-state index in [1.807, 2.05) is 13.8 Å². The van der Waals surface area contributed by atoms with Crippen molar-refractivity contribution in [2.75, 3.05) is 23.3 Å². The number of anilines is 2. The van der Waals surface area contributed by atoms with Crippen LogP contribution in [-0.4, -0.2) is 34.3 Å². The number of amides is 2. The molecule has 0 fully saturated rings. The molecular formula is C15H19N5O2S2. The lowest BCUT2D eigenvalue weighted by molar-refractivity contribution is -0.113. The number of hydrogen-bond donors (Lipinski definition) is 3. The second-order valence-electron chi connectivity index (χ2n) is 5.39. The summed E-state index contributed by atoms with van der Waals surface area (Å²) in [7, 11) is 0. The van der Waals surface area contributed by atoms with Gasteiger partial charge in [-0.05, 0) is 18.1 Å². The van der Waals surface area contributed by atoms with E-state index in [0.717, 1.165) is 0 Å². The molecule has 0 saturated heterocycles. The maximum absolute atomic E-state index is 12.2. The van der Waals surface area contributed by atoms with Crippen LogP contribution in [0.1, 0.15) is 24.2 Å². The minimum Gasteiger partial charge on any atom is -0.374 e. The summed E-state index contributed by atoms with van der Waals surface area (Å²) in [4.78, 5) is 24.3. The number of para-hydroxylation sites is 1. The lowest BCUT2D eigenvalue weighted by atomic mass is 10.1. The zero-order chi connectivity index (χ0) is 17.5. The second kappa shape index (κ2) is 8.65. The standard InChI is InChI=1S/C15H19N5O2S2/c1-9(2)7-17-13(22)10-5-3-4-6-11(10)18-12(21)8-23-15-20-19-14(16)24-15/h3-6,9H,7-8H2,1-2H3,(H2,16,19)(H,17,22)(H,18,21). The highest BCUT2D eigenvalue weighted by Gasteiger charge is 2.14. The number of thioether (sulfide) groups is 1. The van der Waals surface area contributed by atoms with E-state index in [-0.39, 0.29) is 17.6 Å². The van der Waals surface area contributed by atoms with Gasteiger partial charge in [0.1, 0.15) is 0 Å². The fourth-order valence-corrected chi connectivity index (χ4v) is 3.21. The van der Waals surface area contributed by atoms with E-state index in [0.29, 0.717) is 33.2 Å². The molecule has 0 aliphatic carbocycles. The van der Waals surface area contributed by atoms with E-state index in [9.17, 15) is 9.59 Å². The highest BCUT2D eigenvalue weighted by Crippen LogP contribution is 2.24. The van der Waals surface area contributed by atoms with Crippen LogP contribution in [0, 0.1) is 5.92 Å². The molecule has 0 spiro atoms. The highest BCUT2D eigenvalue weighted by molar-refractivity contribution is 8.01. The molecule has 2 rings (SSSR count). The maximum Gasteiger partial charge on any atom is 0.253 e. The fourth-order valence-electron chi connectivity index (χ4n) is 1.77. The smallest absolute Gasteiger partial charge is 0.253 e. The molecule has 0 aliphatic rings. The van der Waals surface area contributed by atoms with Crippen LogP contribution in [0.5, 0.6) is 0 Å². The third-order valence-electron chi connectivity index (χ3n) is 2.87. The first-order chi connectivity index (χ1) is 11.5. The fraction of sp³-hybridized carbons (Fsp3) is 0.333. The number of hydrogen-bond acceptors (Lipinski definition) is 7. The van der Waals surface area contributed by atoms with Gasteiger partial charge in [0.2, 0.25) is 11.0 Å². The lowest BCUT2D eigenvalue weighted by Gasteiger charge is -2.12. The van der Waals surface area contributed by atoms with E-state index >= 15 is 0 Å². The van der Waals surface area contributed by atoms with Gasteiger partial charge >= 0.3 is 0 Å². The van der Waals surface area contributed by atoms with Crippen LogP contribution >= 0.6 is 23.1 Å². The quantitative estimate of drug-likeness (QED) is 0.649. The molecule has 24 heavy (non-hydrogen) atoms. The van der Waals surface area contributed by atoms with Crippen molar-refractivity contribution < 1.29 is 9.59 Å². The molecule has 2 aromatic rings. The Labute approximate surface area is 148 Å². The second-order valence-corrected chi connectivity index (χ2v) is 7.62. The normalized spacial score (nSPS) is 10.6. The average molecular weight is 365 g/mol. The van der Waals surface area contributed by atoms with Gasteiger partial charge in [0.05, 0.1) is 17.0 Å². The highest BCUT2D eigenvalue weighted by atomic mass is 32.2. The summed E-state index contributed by atoms with van der Waals surface area (Å²) in [5.74, 6) is 0.0878. The summed E-state index contributed by atoms with van der Waals surface area (Å²) in [6.45, 7) is 4.62. The molecule has 0 aliphatic heterocycles. The van der Waals surface area contributed by atoms with Crippen LogP contribution in [0.25, 0.3) is 0 Å². The SMILES string of the molecule is CC(C)CNC(=O)c1ccccc1NC(=O)CSc1nnc(N)s1. The molecule has 0 bridgehead atoms. The molecular weight excluding hydrogens is 346 g/mol. The average Bonchev–Trinajstić information content (AvgIpc) is 2.96. The predicted molar refractivity (Wildman–Crippen MR) is 97.3 cm³/mol. The van der Waals surface area contributed by atoms with Gasteiger partial charge in [0, 0.05) is 6.54 Å². The minimum absolute atomic E-state index is 0.163. The summed E-state index contributed by atoms with van der Waals surface area (Å²) in [6.07, 6.45) is 0. The van der Waals surface area contributed by atoms with Crippen LogP contribution in [0.3, 0.4) is 0 Å². The summed E-state index contributed by atoms with van der Waals surface area (Å²) in [5.41, 5.74) is 6.43. The van der Waals surface area contributed by atoms with Gasteiger partial charge < -0.3 is 16.4 Å². The van der Waals surface area contributed by atoms with E-state index in [2.05, 4.69) is 20.8 Å². The van der Waals surface area contributed by atoms with Crippen LogP contribution in [0.15, 0.2) is 28.6 Å². The summed E-state index contributed by atoms with van der Waals surface area (Å²) in [6, 6.07) is 6.92. The topological polar surface area (TPSA) is 110 Å². The monoisotopic (exact) mass is 365 g/mol. The maximum atomic E-state index is 12.2. The Bertz CT molecular complexity index is 717. The number of aromatic nitrogens is 2. The van der Waals surface area contributed by atoms with Crippen molar-refractivity contribution in [1.29, 1.82) is 0 Å². The van der Waals surface area contributed by atoms with Gasteiger partial charge in [-0.3, -0.25) is 9.59 Å². The Morgan fingerprint density at radius 1 is 1.29 bits per heavy atom. The van der Waals surface area contributed by atoms with Crippen LogP contribution in [-0.2, 0) is 4.79 Å². The van der Waals surface area contributed by atoms with Crippen molar-refractivity contribution >= 4 is 45.7 Å². The van der Waals surface area contributed by atoms with Crippen LogP contribution in [0.4, 0.5) is 10.8 Å². The van der Waals surface area contributed by atoms with E-state index in [1.165, 1.54) is 23.1 Å². The molecule has 0 atom stereocenters. The van der Waals surface area contributed by atoms with Crippen LogP contribution in [0.2, 0.25) is 0 Å². The van der Waals surface area contributed by atoms with Gasteiger partial charge in [-0.1, -0.05) is 49.1 Å². The molecule has 128 valence electrons. The molecule has 2 amide bonds. The van der Waals surface area contributed by atoms with Crippen molar-refractivity contribution in [2.24, 2.45) is 5.92 Å². The molecule has 0 unspecified atom stereocenters. The number of nitrogens with zero attached hydrogens (tertiary/aromatic N) is 2. The Balaban J connectivity index is 1.96.